The molecule has 3 aromatic rings. The van der Waals surface area contributed by atoms with Crippen molar-refractivity contribution in [2.45, 2.75) is 0 Å². The third-order valence-corrected chi connectivity index (χ3v) is 4.07. The minimum absolute atomic E-state index is 0.341. The Balaban J connectivity index is 1.79. The van der Waals surface area contributed by atoms with E-state index >= 15 is 0 Å². The molecular formula is C21H17ClN4O. The monoisotopic (exact) mass is 376 g/mol. The molecule has 0 saturated carbocycles. The zero-order chi connectivity index (χ0) is 19.2. The molecule has 0 spiro atoms. The lowest BCUT2D eigenvalue weighted by Crippen LogP contribution is -2.19. The Bertz CT molecular complexity index is 1030. The fraction of sp³-hybridized carbons (Fsp3) is 0.0476. The number of benzene rings is 2. The van der Waals surface area contributed by atoms with Gasteiger partial charge in [-0.2, -0.15) is 5.10 Å². The maximum atomic E-state index is 12.2. The van der Waals surface area contributed by atoms with E-state index in [9.17, 15) is 4.79 Å². The smallest absolute Gasteiger partial charge is 0.308 e. The quantitative estimate of drug-likeness (QED) is 0.627. The van der Waals surface area contributed by atoms with Crippen LogP contribution < -0.4 is 10.6 Å². The summed E-state index contributed by atoms with van der Waals surface area (Å²) in [4.78, 5) is 12.2. The van der Waals surface area contributed by atoms with Crippen LogP contribution in [0.25, 0.3) is 17.3 Å². The number of hydrogen-bond acceptors (Lipinski definition) is 2. The standard InChI is InChI=1S/C21H17ClN4O/c1-3-4-6-16-14-23-26(2)20(16)15-7-5-8-19(13-15)25-21(27)24-18-11-9-17(22)10-12-18/h1,4-14H,2H3,(H2,24,25,27)/b6-4+. The Labute approximate surface area is 162 Å². The van der Waals surface area contributed by atoms with Crippen molar-refractivity contribution >= 4 is 35.1 Å². The van der Waals surface area contributed by atoms with Crippen molar-refractivity contribution in [1.29, 1.82) is 0 Å². The third-order valence-electron chi connectivity index (χ3n) is 3.82. The van der Waals surface area contributed by atoms with Crippen molar-refractivity contribution in [2.75, 3.05) is 10.6 Å². The Morgan fingerprint density at radius 1 is 1.19 bits per heavy atom. The number of hydrogen-bond donors (Lipinski definition) is 2. The van der Waals surface area contributed by atoms with Crippen LogP contribution in [-0.2, 0) is 7.05 Å². The zero-order valence-electron chi connectivity index (χ0n) is 14.6. The van der Waals surface area contributed by atoms with Crippen LogP contribution in [-0.4, -0.2) is 15.8 Å². The van der Waals surface area contributed by atoms with Crippen molar-refractivity contribution in [3.8, 4) is 23.6 Å². The van der Waals surface area contributed by atoms with Gasteiger partial charge in [0.25, 0.3) is 0 Å². The Kier molecular flexibility index (Phi) is 5.60. The number of anilines is 2. The first kappa shape index (κ1) is 18.3. The van der Waals surface area contributed by atoms with Gasteiger partial charge in [-0.1, -0.05) is 29.7 Å². The molecule has 2 amide bonds. The number of rotatable bonds is 4. The first-order valence-corrected chi connectivity index (χ1v) is 8.53. The number of nitrogens with one attached hydrogen (secondary N) is 2. The van der Waals surface area contributed by atoms with Gasteiger partial charge in [-0.15, -0.1) is 6.42 Å². The lowest BCUT2D eigenvalue weighted by molar-refractivity contribution is 0.262. The minimum Gasteiger partial charge on any atom is -0.308 e. The summed E-state index contributed by atoms with van der Waals surface area (Å²) in [6.07, 6.45) is 10.5. The van der Waals surface area contributed by atoms with Crippen LogP contribution in [0.4, 0.5) is 16.2 Å². The summed E-state index contributed by atoms with van der Waals surface area (Å²) < 4.78 is 1.77. The normalized spacial score (nSPS) is 10.6. The lowest BCUT2D eigenvalue weighted by atomic mass is 10.1. The van der Waals surface area contributed by atoms with Gasteiger partial charge in [0.15, 0.2) is 0 Å². The Morgan fingerprint density at radius 3 is 2.67 bits per heavy atom. The van der Waals surface area contributed by atoms with E-state index in [0.717, 1.165) is 16.8 Å². The number of carbonyl (C=O) groups is 1. The Morgan fingerprint density at radius 2 is 1.93 bits per heavy atom. The highest BCUT2D eigenvalue weighted by Gasteiger charge is 2.10. The lowest BCUT2D eigenvalue weighted by Gasteiger charge is -2.10. The number of carbonyl (C=O) groups excluding carboxylic acids is 1. The summed E-state index contributed by atoms with van der Waals surface area (Å²) in [6, 6.07) is 14.1. The van der Waals surface area contributed by atoms with Gasteiger partial charge in [-0.05, 0) is 48.6 Å². The topological polar surface area (TPSA) is 59.0 Å². The Hall–Kier alpha value is -3.49. The molecule has 5 nitrogen and oxygen atoms in total. The maximum absolute atomic E-state index is 12.2. The van der Waals surface area contributed by atoms with Gasteiger partial charge >= 0.3 is 6.03 Å². The predicted molar refractivity (Wildman–Crippen MR) is 111 cm³/mol. The van der Waals surface area contributed by atoms with Crippen LogP contribution in [0.15, 0.2) is 60.8 Å². The van der Waals surface area contributed by atoms with Crippen molar-refractivity contribution in [2.24, 2.45) is 7.05 Å². The molecule has 0 saturated heterocycles. The van der Waals surface area contributed by atoms with Crippen LogP contribution in [0, 0.1) is 12.3 Å². The molecule has 0 atom stereocenters. The molecule has 3 rings (SSSR count). The largest absolute Gasteiger partial charge is 0.323 e. The van der Waals surface area contributed by atoms with E-state index in [2.05, 4.69) is 21.7 Å². The SMILES string of the molecule is C#C/C=C/c1cnn(C)c1-c1cccc(NC(=O)Nc2ccc(Cl)cc2)c1. The minimum atomic E-state index is -0.341. The summed E-state index contributed by atoms with van der Waals surface area (Å²) in [5.41, 5.74) is 4.03. The van der Waals surface area contributed by atoms with Crippen LogP contribution in [0.5, 0.6) is 0 Å². The number of allylic oxidation sites excluding steroid dienone is 1. The predicted octanol–water partition coefficient (Wildman–Crippen LogP) is 5.03. The van der Waals surface area contributed by atoms with Crippen molar-refractivity contribution in [3.05, 3.63) is 71.4 Å². The van der Waals surface area contributed by atoms with Crippen molar-refractivity contribution in [3.63, 3.8) is 0 Å². The third kappa shape index (κ3) is 4.57. The highest BCUT2D eigenvalue weighted by Crippen LogP contribution is 2.26. The summed E-state index contributed by atoms with van der Waals surface area (Å²) in [5, 5.41) is 10.5. The number of nitrogens with zero attached hydrogens (tertiary/aromatic N) is 2. The van der Waals surface area contributed by atoms with Crippen LogP contribution in [0.3, 0.4) is 0 Å². The van der Waals surface area contributed by atoms with E-state index in [1.807, 2.05) is 37.4 Å². The number of halogens is 1. The average Bonchev–Trinajstić information content (AvgIpc) is 3.02. The molecule has 0 bridgehead atoms. The van der Waals surface area contributed by atoms with Crippen molar-refractivity contribution in [1.82, 2.24) is 9.78 Å². The molecule has 134 valence electrons. The van der Waals surface area contributed by atoms with E-state index in [4.69, 9.17) is 18.0 Å². The van der Waals surface area contributed by atoms with Crippen LogP contribution in [0.1, 0.15) is 5.56 Å². The molecule has 0 aliphatic rings. The second-order valence-corrected chi connectivity index (χ2v) is 6.18. The average molecular weight is 377 g/mol. The molecule has 2 aromatic carbocycles. The van der Waals surface area contributed by atoms with Gasteiger partial charge in [0.1, 0.15) is 0 Å². The zero-order valence-corrected chi connectivity index (χ0v) is 15.4. The van der Waals surface area contributed by atoms with E-state index in [1.165, 1.54) is 0 Å². The number of aromatic nitrogens is 2. The van der Waals surface area contributed by atoms with Crippen LogP contribution in [0.2, 0.25) is 5.02 Å². The molecule has 27 heavy (non-hydrogen) atoms. The number of terminal acetylenes is 1. The fourth-order valence-corrected chi connectivity index (χ4v) is 2.76. The van der Waals surface area contributed by atoms with Gasteiger partial charge in [-0.3, -0.25) is 4.68 Å². The first-order chi connectivity index (χ1) is 13.1. The molecule has 1 aromatic heterocycles. The molecule has 0 aliphatic heterocycles. The molecule has 6 heteroatoms. The molecule has 2 N–H and O–H groups in total. The molecule has 0 radical (unpaired) electrons. The van der Waals surface area contributed by atoms with Gasteiger partial charge in [0.2, 0.25) is 0 Å². The van der Waals surface area contributed by atoms with Crippen molar-refractivity contribution < 1.29 is 4.79 Å². The highest BCUT2D eigenvalue weighted by molar-refractivity contribution is 6.30. The molecule has 0 fully saturated rings. The summed E-state index contributed by atoms with van der Waals surface area (Å²) in [6.45, 7) is 0. The summed E-state index contributed by atoms with van der Waals surface area (Å²) in [7, 11) is 1.86. The number of aryl methyl sites for hydroxylation is 1. The van der Waals surface area contributed by atoms with E-state index < -0.39 is 0 Å². The number of amides is 2. The summed E-state index contributed by atoms with van der Waals surface area (Å²) >= 11 is 5.85. The second-order valence-electron chi connectivity index (χ2n) is 5.74. The van der Waals surface area contributed by atoms with E-state index in [0.29, 0.717) is 16.4 Å². The maximum Gasteiger partial charge on any atom is 0.323 e. The fourth-order valence-electron chi connectivity index (χ4n) is 2.64. The van der Waals surface area contributed by atoms with Gasteiger partial charge in [0, 0.05) is 34.6 Å². The highest BCUT2D eigenvalue weighted by atomic mass is 35.5. The van der Waals surface area contributed by atoms with Crippen LogP contribution >= 0.6 is 11.6 Å². The summed E-state index contributed by atoms with van der Waals surface area (Å²) in [5.74, 6) is 2.48. The van der Waals surface area contributed by atoms with Gasteiger partial charge in [0.05, 0.1) is 11.9 Å². The molecule has 1 heterocycles. The first-order valence-electron chi connectivity index (χ1n) is 8.15. The van der Waals surface area contributed by atoms with E-state index in [1.54, 1.807) is 41.2 Å². The number of urea groups is 1. The van der Waals surface area contributed by atoms with E-state index in [-0.39, 0.29) is 6.03 Å². The molecule has 0 unspecified atom stereocenters. The van der Waals surface area contributed by atoms with Gasteiger partial charge in [-0.25, -0.2) is 4.79 Å². The molecule has 0 aliphatic carbocycles. The second kappa shape index (κ2) is 8.26. The molecular weight excluding hydrogens is 360 g/mol. The van der Waals surface area contributed by atoms with Gasteiger partial charge < -0.3 is 10.6 Å².